The molecule has 8 heteroatoms. The smallest absolute Gasteiger partial charge is 0.340 e. The normalized spacial score (nSPS) is 10.9. The van der Waals surface area contributed by atoms with Crippen molar-refractivity contribution in [3.8, 4) is 0 Å². The van der Waals surface area contributed by atoms with E-state index in [2.05, 4.69) is 5.32 Å². The first kappa shape index (κ1) is 19.6. The predicted octanol–water partition coefficient (Wildman–Crippen LogP) is 3.70. The zero-order chi connectivity index (χ0) is 19.3. The van der Waals surface area contributed by atoms with Crippen molar-refractivity contribution in [2.45, 2.75) is 11.8 Å². The Hall–Kier alpha value is -2.74. The van der Waals surface area contributed by atoms with Crippen LogP contribution in [-0.4, -0.2) is 28.5 Å². The Bertz CT molecular complexity index is 909. The van der Waals surface area contributed by atoms with Crippen molar-refractivity contribution in [3.63, 3.8) is 0 Å². The number of benzene rings is 1. The molecule has 0 radical (unpaired) electrons. The van der Waals surface area contributed by atoms with E-state index >= 15 is 0 Å². The molecule has 2 rings (SSSR count). The van der Waals surface area contributed by atoms with Gasteiger partial charge in [0.15, 0.2) is 0 Å². The molecular weight excluding hydrogens is 359 g/mol. The molecule has 1 heterocycles. The molecule has 0 fully saturated rings. The Morgan fingerprint density at radius 3 is 2.73 bits per heavy atom. The van der Waals surface area contributed by atoms with Crippen LogP contribution in [0.4, 0.5) is 15.9 Å². The van der Waals surface area contributed by atoms with Gasteiger partial charge < -0.3 is 15.2 Å². The van der Waals surface area contributed by atoms with E-state index in [9.17, 15) is 19.1 Å². The van der Waals surface area contributed by atoms with E-state index in [0.717, 1.165) is 9.46 Å². The summed E-state index contributed by atoms with van der Waals surface area (Å²) in [6, 6.07) is 5.73. The molecule has 0 saturated heterocycles. The van der Waals surface area contributed by atoms with Gasteiger partial charge in [0.2, 0.25) is 0 Å². The molecule has 6 nitrogen and oxygen atoms in total. The van der Waals surface area contributed by atoms with Crippen LogP contribution in [-0.2, 0) is 11.8 Å². The van der Waals surface area contributed by atoms with E-state index < -0.39 is 17.3 Å². The van der Waals surface area contributed by atoms with Crippen LogP contribution in [0.15, 0.2) is 40.2 Å². The molecule has 0 spiro atoms. The number of hydrogen-bond donors (Lipinski definition) is 2. The number of pyridine rings is 1. The van der Waals surface area contributed by atoms with Gasteiger partial charge in [-0.15, -0.1) is 11.8 Å². The average Bonchev–Trinajstić information content (AvgIpc) is 2.60. The summed E-state index contributed by atoms with van der Waals surface area (Å²) in [5.41, 5.74) is -0.352. The Morgan fingerprint density at radius 1 is 1.42 bits per heavy atom. The summed E-state index contributed by atoms with van der Waals surface area (Å²) in [7, 11) is 1.42. The SMILES string of the molecule is CCO/C=C\c1cc(=O)n(C)c(Nc2ccc(SC)cc2F)c1C(=O)O. The topological polar surface area (TPSA) is 80.6 Å². The van der Waals surface area contributed by atoms with E-state index in [1.54, 1.807) is 13.0 Å². The van der Waals surface area contributed by atoms with Gasteiger partial charge in [-0.2, -0.15) is 0 Å². The highest BCUT2D eigenvalue weighted by Gasteiger charge is 2.20. The minimum absolute atomic E-state index is 0.0167. The van der Waals surface area contributed by atoms with Gasteiger partial charge in [-0.1, -0.05) is 0 Å². The summed E-state index contributed by atoms with van der Waals surface area (Å²) < 4.78 is 20.5. The fourth-order valence-corrected chi connectivity index (χ4v) is 2.71. The Labute approximate surface area is 154 Å². The van der Waals surface area contributed by atoms with Gasteiger partial charge in [-0.25, -0.2) is 9.18 Å². The minimum atomic E-state index is -1.25. The molecule has 0 unspecified atom stereocenters. The molecular formula is C18H19FN2O4S. The molecule has 2 N–H and O–H groups in total. The fraction of sp³-hybridized carbons (Fsp3) is 0.222. The lowest BCUT2D eigenvalue weighted by molar-refractivity contribution is 0.0697. The van der Waals surface area contributed by atoms with E-state index in [1.165, 1.54) is 49.3 Å². The maximum absolute atomic E-state index is 14.3. The Morgan fingerprint density at radius 2 is 2.15 bits per heavy atom. The maximum Gasteiger partial charge on any atom is 0.340 e. The van der Waals surface area contributed by atoms with Gasteiger partial charge >= 0.3 is 5.97 Å². The van der Waals surface area contributed by atoms with Gasteiger partial charge in [-0.3, -0.25) is 9.36 Å². The van der Waals surface area contributed by atoms with Crippen LogP contribution >= 0.6 is 11.8 Å². The molecule has 0 amide bonds. The van der Waals surface area contributed by atoms with E-state index in [0.29, 0.717) is 6.61 Å². The second kappa shape index (κ2) is 8.57. The van der Waals surface area contributed by atoms with Gasteiger partial charge in [0.25, 0.3) is 5.56 Å². The molecule has 2 aromatic rings. The first-order valence-electron chi connectivity index (χ1n) is 7.75. The predicted molar refractivity (Wildman–Crippen MR) is 101 cm³/mol. The van der Waals surface area contributed by atoms with Crippen molar-refractivity contribution >= 4 is 35.3 Å². The molecule has 26 heavy (non-hydrogen) atoms. The second-order valence-electron chi connectivity index (χ2n) is 5.25. The summed E-state index contributed by atoms with van der Waals surface area (Å²) in [5.74, 6) is -1.81. The highest BCUT2D eigenvalue weighted by molar-refractivity contribution is 7.98. The van der Waals surface area contributed by atoms with Gasteiger partial charge in [0, 0.05) is 23.6 Å². The molecule has 0 aliphatic rings. The van der Waals surface area contributed by atoms with E-state index in [1.807, 2.05) is 6.26 Å². The lowest BCUT2D eigenvalue weighted by Gasteiger charge is -2.16. The quantitative estimate of drug-likeness (QED) is 0.565. The molecule has 0 aliphatic heterocycles. The lowest BCUT2D eigenvalue weighted by atomic mass is 10.1. The molecule has 138 valence electrons. The number of nitrogens with one attached hydrogen (secondary N) is 1. The number of nitrogens with zero attached hydrogens (tertiary/aromatic N) is 1. The number of aromatic carboxylic acids is 1. The summed E-state index contributed by atoms with van der Waals surface area (Å²) in [6.45, 7) is 2.18. The first-order valence-corrected chi connectivity index (χ1v) is 8.97. The maximum atomic E-state index is 14.3. The summed E-state index contributed by atoms with van der Waals surface area (Å²) in [4.78, 5) is 24.7. The summed E-state index contributed by atoms with van der Waals surface area (Å²) in [5, 5.41) is 12.4. The van der Waals surface area contributed by atoms with Crippen molar-refractivity contribution in [3.05, 3.63) is 57.8 Å². The number of halogens is 1. The molecule has 1 aromatic heterocycles. The van der Waals surface area contributed by atoms with Crippen molar-refractivity contribution < 1.29 is 19.0 Å². The van der Waals surface area contributed by atoms with E-state index in [4.69, 9.17) is 4.74 Å². The van der Waals surface area contributed by atoms with Crippen molar-refractivity contribution in [2.24, 2.45) is 7.05 Å². The molecule has 0 bridgehead atoms. The third-order valence-corrected chi connectivity index (χ3v) is 4.35. The molecule has 1 aromatic carbocycles. The van der Waals surface area contributed by atoms with Crippen LogP contribution in [0.1, 0.15) is 22.8 Å². The van der Waals surface area contributed by atoms with Crippen LogP contribution in [0, 0.1) is 5.82 Å². The first-order chi connectivity index (χ1) is 12.4. The highest BCUT2D eigenvalue weighted by Crippen LogP contribution is 2.27. The minimum Gasteiger partial charge on any atom is -0.501 e. The number of hydrogen-bond acceptors (Lipinski definition) is 5. The standard InChI is InChI=1S/C18H19FN2O4S/c1-4-25-8-7-11-9-15(22)21(2)17(16(11)18(23)24)20-14-6-5-12(26-3)10-13(14)19/h5-10,20H,4H2,1-3H3,(H,23,24)/b8-7-. The largest absolute Gasteiger partial charge is 0.501 e. The Kier molecular flexibility index (Phi) is 6.46. The number of thioether (sulfide) groups is 1. The zero-order valence-electron chi connectivity index (χ0n) is 14.6. The summed E-state index contributed by atoms with van der Waals surface area (Å²) in [6.07, 6.45) is 4.54. The number of carboxylic acid groups (broad SMARTS) is 1. The zero-order valence-corrected chi connectivity index (χ0v) is 15.4. The number of anilines is 2. The van der Waals surface area contributed by atoms with Crippen molar-refractivity contribution in [1.29, 1.82) is 0 Å². The average molecular weight is 378 g/mol. The Balaban J connectivity index is 2.59. The van der Waals surface area contributed by atoms with Gasteiger partial charge in [0.05, 0.1) is 18.6 Å². The monoisotopic (exact) mass is 378 g/mol. The van der Waals surface area contributed by atoms with E-state index in [-0.39, 0.29) is 22.6 Å². The number of rotatable bonds is 7. The fourth-order valence-electron chi connectivity index (χ4n) is 2.29. The van der Waals surface area contributed by atoms with Crippen LogP contribution < -0.4 is 10.9 Å². The van der Waals surface area contributed by atoms with Gasteiger partial charge in [0.1, 0.15) is 17.2 Å². The summed E-state index contributed by atoms with van der Waals surface area (Å²) >= 11 is 1.39. The third kappa shape index (κ3) is 4.26. The van der Waals surface area contributed by atoms with Crippen LogP contribution in [0.5, 0.6) is 0 Å². The van der Waals surface area contributed by atoms with Crippen molar-refractivity contribution in [1.82, 2.24) is 4.57 Å². The molecule has 0 atom stereocenters. The highest BCUT2D eigenvalue weighted by atomic mass is 32.2. The number of ether oxygens (including phenoxy) is 1. The van der Waals surface area contributed by atoms with Crippen molar-refractivity contribution in [2.75, 3.05) is 18.2 Å². The molecule has 0 aliphatic carbocycles. The molecule has 0 saturated carbocycles. The van der Waals surface area contributed by atoms with Crippen LogP contribution in [0.3, 0.4) is 0 Å². The van der Waals surface area contributed by atoms with Crippen LogP contribution in [0.25, 0.3) is 6.08 Å². The number of carboxylic acids is 1. The number of aromatic nitrogens is 1. The lowest BCUT2D eigenvalue weighted by Crippen LogP contribution is -2.23. The van der Waals surface area contributed by atoms with Gasteiger partial charge in [-0.05, 0) is 37.5 Å². The second-order valence-corrected chi connectivity index (χ2v) is 6.13. The third-order valence-electron chi connectivity index (χ3n) is 3.62. The number of carbonyl (C=O) groups is 1. The van der Waals surface area contributed by atoms with Crippen LogP contribution in [0.2, 0.25) is 0 Å².